The van der Waals surface area contributed by atoms with Crippen molar-refractivity contribution >= 4 is 11.6 Å². The van der Waals surface area contributed by atoms with E-state index in [0.717, 1.165) is 12.1 Å². The van der Waals surface area contributed by atoms with Crippen molar-refractivity contribution in [2.45, 2.75) is 0 Å². The highest BCUT2D eigenvalue weighted by atomic mass is 19.2. The van der Waals surface area contributed by atoms with Crippen LogP contribution in [0.4, 0.5) is 14.5 Å². The van der Waals surface area contributed by atoms with Crippen LogP contribution in [-0.4, -0.2) is 10.9 Å². The number of hydrogen-bond acceptors (Lipinski definition) is 2. The number of benzene rings is 1. The summed E-state index contributed by atoms with van der Waals surface area (Å²) in [5.41, 5.74) is 0.593. The minimum absolute atomic E-state index is 0.200. The Morgan fingerprint density at radius 1 is 1.06 bits per heavy atom. The standard InChI is InChI=1S/C12H8F2N2O/c13-10-2-1-9(7-11(10)14)16-12(17)8-3-5-15-6-4-8/h1-7H,(H,16,17). The van der Waals surface area contributed by atoms with Crippen LogP contribution in [0.1, 0.15) is 10.4 Å². The van der Waals surface area contributed by atoms with Gasteiger partial charge in [0.15, 0.2) is 11.6 Å². The van der Waals surface area contributed by atoms with Crippen LogP contribution >= 0.6 is 0 Å². The highest BCUT2D eigenvalue weighted by Crippen LogP contribution is 2.14. The number of pyridine rings is 1. The van der Waals surface area contributed by atoms with E-state index in [2.05, 4.69) is 10.3 Å². The predicted molar refractivity (Wildman–Crippen MR) is 58.5 cm³/mol. The van der Waals surface area contributed by atoms with Gasteiger partial charge in [-0.15, -0.1) is 0 Å². The van der Waals surface area contributed by atoms with Crippen molar-refractivity contribution in [3.8, 4) is 0 Å². The molecule has 0 atom stereocenters. The molecule has 0 saturated carbocycles. The van der Waals surface area contributed by atoms with E-state index in [9.17, 15) is 13.6 Å². The van der Waals surface area contributed by atoms with Crippen LogP contribution < -0.4 is 5.32 Å². The molecule has 0 radical (unpaired) electrons. The van der Waals surface area contributed by atoms with Crippen molar-refractivity contribution in [3.05, 3.63) is 59.9 Å². The summed E-state index contributed by atoms with van der Waals surface area (Å²) >= 11 is 0. The first-order valence-corrected chi connectivity index (χ1v) is 4.83. The zero-order valence-electron chi connectivity index (χ0n) is 8.65. The maximum atomic E-state index is 12.9. The minimum atomic E-state index is -1.00. The molecule has 1 heterocycles. The number of anilines is 1. The lowest BCUT2D eigenvalue weighted by atomic mass is 10.2. The molecule has 1 aromatic heterocycles. The van der Waals surface area contributed by atoms with Gasteiger partial charge in [0.2, 0.25) is 0 Å². The molecule has 0 aliphatic heterocycles. The van der Waals surface area contributed by atoms with Crippen LogP contribution in [0.5, 0.6) is 0 Å². The number of nitrogens with zero attached hydrogens (tertiary/aromatic N) is 1. The molecule has 0 saturated heterocycles. The molecule has 0 aliphatic rings. The fraction of sp³-hybridized carbons (Fsp3) is 0. The zero-order valence-corrected chi connectivity index (χ0v) is 8.65. The maximum absolute atomic E-state index is 12.9. The van der Waals surface area contributed by atoms with Gasteiger partial charge in [0, 0.05) is 29.7 Å². The summed E-state index contributed by atoms with van der Waals surface area (Å²) in [5, 5.41) is 2.45. The SMILES string of the molecule is O=C(Nc1ccc(F)c(F)c1)c1ccncc1. The number of aromatic nitrogens is 1. The number of halogens is 2. The molecule has 2 rings (SSSR count). The lowest BCUT2D eigenvalue weighted by molar-refractivity contribution is 0.102. The zero-order chi connectivity index (χ0) is 12.3. The van der Waals surface area contributed by atoms with E-state index in [-0.39, 0.29) is 5.69 Å². The van der Waals surface area contributed by atoms with Crippen LogP contribution in [0.2, 0.25) is 0 Å². The first kappa shape index (κ1) is 11.2. The topological polar surface area (TPSA) is 42.0 Å². The second kappa shape index (κ2) is 4.69. The van der Waals surface area contributed by atoms with E-state index in [1.165, 1.54) is 30.6 Å². The van der Waals surface area contributed by atoms with Crippen molar-refractivity contribution in [1.82, 2.24) is 4.98 Å². The van der Waals surface area contributed by atoms with Gasteiger partial charge in [-0.1, -0.05) is 0 Å². The molecule has 0 aliphatic carbocycles. The van der Waals surface area contributed by atoms with Gasteiger partial charge in [-0.25, -0.2) is 8.78 Å². The summed E-state index contributed by atoms with van der Waals surface area (Å²) in [7, 11) is 0. The second-order valence-corrected chi connectivity index (χ2v) is 3.32. The third-order valence-corrected chi connectivity index (χ3v) is 2.12. The van der Waals surface area contributed by atoms with Gasteiger partial charge in [0.25, 0.3) is 5.91 Å². The molecule has 17 heavy (non-hydrogen) atoms. The van der Waals surface area contributed by atoms with E-state index < -0.39 is 17.5 Å². The van der Waals surface area contributed by atoms with Gasteiger partial charge in [-0.3, -0.25) is 9.78 Å². The lowest BCUT2D eigenvalue weighted by Crippen LogP contribution is -2.12. The second-order valence-electron chi connectivity index (χ2n) is 3.32. The van der Waals surface area contributed by atoms with E-state index in [1.807, 2.05) is 0 Å². The van der Waals surface area contributed by atoms with Crippen LogP contribution in [0.15, 0.2) is 42.7 Å². The molecule has 0 bridgehead atoms. The largest absolute Gasteiger partial charge is 0.322 e. The summed E-state index contributed by atoms with van der Waals surface area (Å²) < 4.78 is 25.6. The van der Waals surface area contributed by atoms with Crippen molar-refractivity contribution in [2.24, 2.45) is 0 Å². The van der Waals surface area contributed by atoms with Gasteiger partial charge in [0.1, 0.15) is 0 Å². The normalized spacial score (nSPS) is 10.0. The van der Waals surface area contributed by atoms with Crippen LogP contribution in [0, 0.1) is 11.6 Å². The highest BCUT2D eigenvalue weighted by Gasteiger charge is 2.07. The van der Waals surface area contributed by atoms with Gasteiger partial charge >= 0.3 is 0 Å². The van der Waals surface area contributed by atoms with Crippen molar-refractivity contribution in [1.29, 1.82) is 0 Å². The molecule has 5 heteroatoms. The van der Waals surface area contributed by atoms with Gasteiger partial charge in [-0.2, -0.15) is 0 Å². The highest BCUT2D eigenvalue weighted by molar-refractivity contribution is 6.04. The number of carbonyl (C=O) groups excluding carboxylic acids is 1. The Hall–Kier alpha value is -2.30. The Morgan fingerprint density at radius 2 is 1.76 bits per heavy atom. The summed E-state index contributed by atoms with van der Waals surface area (Å²) in [6, 6.07) is 6.22. The molecule has 1 amide bonds. The van der Waals surface area contributed by atoms with E-state index in [4.69, 9.17) is 0 Å². The molecular formula is C12H8F2N2O. The van der Waals surface area contributed by atoms with Crippen molar-refractivity contribution in [2.75, 3.05) is 5.32 Å². The van der Waals surface area contributed by atoms with Gasteiger partial charge in [0.05, 0.1) is 0 Å². The Labute approximate surface area is 96.1 Å². The molecule has 0 fully saturated rings. The first-order valence-electron chi connectivity index (χ1n) is 4.83. The number of amides is 1. The monoisotopic (exact) mass is 234 g/mol. The number of carbonyl (C=O) groups is 1. The molecule has 1 aromatic carbocycles. The average Bonchev–Trinajstić information content (AvgIpc) is 2.35. The number of nitrogens with one attached hydrogen (secondary N) is 1. The fourth-order valence-electron chi connectivity index (χ4n) is 1.28. The van der Waals surface area contributed by atoms with Crippen LogP contribution in [0.3, 0.4) is 0 Å². The molecule has 3 nitrogen and oxygen atoms in total. The summed E-state index contributed by atoms with van der Waals surface area (Å²) in [6.07, 6.45) is 2.94. The first-order chi connectivity index (χ1) is 8.16. The van der Waals surface area contributed by atoms with Crippen molar-refractivity contribution in [3.63, 3.8) is 0 Å². The van der Waals surface area contributed by atoms with Crippen LogP contribution in [-0.2, 0) is 0 Å². The third kappa shape index (κ3) is 2.63. The molecule has 0 spiro atoms. The van der Waals surface area contributed by atoms with E-state index in [1.54, 1.807) is 0 Å². The van der Waals surface area contributed by atoms with Gasteiger partial charge in [-0.05, 0) is 24.3 Å². The average molecular weight is 234 g/mol. The smallest absolute Gasteiger partial charge is 0.255 e. The van der Waals surface area contributed by atoms with Gasteiger partial charge < -0.3 is 5.32 Å². The summed E-state index contributed by atoms with van der Waals surface area (Å²) in [4.78, 5) is 15.4. The molecular weight excluding hydrogens is 226 g/mol. The summed E-state index contributed by atoms with van der Waals surface area (Å²) in [6.45, 7) is 0. The maximum Gasteiger partial charge on any atom is 0.255 e. The Morgan fingerprint density at radius 3 is 2.41 bits per heavy atom. The molecule has 0 unspecified atom stereocenters. The van der Waals surface area contributed by atoms with E-state index >= 15 is 0 Å². The minimum Gasteiger partial charge on any atom is -0.322 e. The predicted octanol–water partition coefficient (Wildman–Crippen LogP) is 2.61. The number of rotatable bonds is 2. The number of hydrogen-bond donors (Lipinski definition) is 1. The Bertz CT molecular complexity index is 543. The summed E-state index contributed by atoms with van der Waals surface area (Å²) in [5.74, 6) is -2.36. The van der Waals surface area contributed by atoms with Crippen molar-refractivity contribution < 1.29 is 13.6 Å². The molecule has 86 valence electrons. The fourth-order valence-corrected chi connectivity index (χ4v) is 1.28. The molecule has 1 N–H and O–H groups in total. The van der Waals surface area contributed by atoms with Crippen LogP contribution in [0.25, 0.3) is 0 Å². The molecule has 2 aromatic rings. The lowest BCUT2D eigenvalue weighted by Gasteiger charge is -2.05. The third-order valence-electron chi connectivity index (χ3n) is 2.12. The van der Waals surface area contributed by atoms with E-state index in [0.29, 0.717) is 5.56 Å². The quantitative estimate of drug-likeness (QED) is 0.867. The Kier molecular flexibility index (Phi) is 3.09. The Balaban J connectivity index is 2.16.